The second-order valence-corrected chi connectivity index (χ2v) is 4.78. The fourth-order valence-electron chi connectivity index (χ4n) is 1.43. The number of aryl methyl sites for hydroxylation is 1. The Balaban J connectivity index is 2.94. The van der Waals surface area contributed by atoms with Gasteiger partial charge in [-0.1, -0.05) is 12.1 Å². The number of hydrogen-bond acceptors (Lipinski definition) is 1. The SMILES string of the molecule is Cc1ccc2c(Br)c(O)ccc2c1Br. The van der Waals surface area contributed by atoms with Gasteiger partial charge in [-0.25, -0.2) is 0 Å². The Morgan fingerprint density at radius 2 is 1.50 bits per heavy atom. The van der Waals surface area contributed by atoms with Crippen LogP contribution in [0.3, 0.4) is 0 Å². The lowest BCUT2D eigenvalue weighted by molar-refractivity contribution is 0.473. The van der Waals surface area contributed by atoms with Gasteiger partial charge in [-0.05, 0) is 61.9 Å². The van der Waals surface area contributed by atoms with Crippen molar-refractivity contribution < 1.29 is 5.11 Å². The van der Waals surface area contributed by atoms with Crippen LogP contribution in [0, 0.1) is 6.92 Å². The largest absolute Gasteiger partial charge is 0.507 e. The van der Waals surface area contributed by atoms with Gasteiger partial charge in [-0.3, -0.25) is 0 Å². The van der Waals surface area contributed by atoms with Gasteiger partial charge in [0.1, 0.15) is 5.75 Å². The first-order valence-electron chi connectivity index (χ1n) is 4.17. The molecule has 2 rings (SSSR count). The van der Waals surface area contributed by atoms with Crippen molar-refractivity contribution in [2.24, 2.45) is 0 Å². The Morgan fingerprint density at radius 1 is 0.929 bits per heavy atom. The molecule has 0 aliphatic rings. The van der Waals surface area contributed by atoms with Crippen molar-refractivity contribution >= 4 is 42.6 Å². The zero-order valence-corrected chi connectivity index (χ0v) is 10.7. The minimum Gasteiger partial charge on any atom is -0.507 e. The Labute approximate surface area is 99.0 Å². The monoisotopic (exact) mass is 314 g/mol. The predicted molar refractivity (Wildman–Crippen MR) is 65.7 cm³/mol. The fraction of sp³-hybridized carbons (Fsp3) is 0.0909. The normalized spacial score (nSPS) is 10.8. The quantitative estimate of drug-likeness (QED) is 0.765. The molecule has 1 nitrogen and oxygen atoms in total. The summed E-state index contributed by atoms with van der Waals surface area (Å²) in [7, 11) is 0. The van der Waals surface area contributed by atoms with Gasteiger partial charge in [0, 0.05) is 9.86 Å². The van der Waals surface area contributed by atoms with E-state index in [1.165, 1.54) is 5.56 Å². The molecule has 72 valence electrons. The summed E-state index contributed by atoms with van der Waals surface area (Å²) in [5.41, 5.74) is 1.19. The molecule has 14 heavy (non-hydrogen) atoms. The summed E-state index contributed by atoms with van der Waals surface area (Å²) in [6.45, 7) is 2.05. The van der Waals surface area contributed by atoms with E-state index in [-0.39, 0.29) is 5.75 Å². The zero-order valence-electron chi connectivity index (χ0n) is 7.51. The molecule has 0 amide bonds. The van der Waals surface area contributed by atoms with E-state index in [1.54, 1.807) is 6.07 Å². The summed E-state index contributed by atoms with van der Waals surface area (Å²) in [5.74, 6) is 0.272. The number of hydrogen-bond donors (Lipinski definition) is 1. The van der Waals surface area contributed by atoms with Crippen molar-refractivity contribution in [1.82, 2.24) is 0 Å². The summed E-state index contributed by atoms with van der Waals surface area (Å²) in [6, 6.07) is 7.62. The van der Waals surface area contributed by atoms with Crippen LogP contribution in [-0.2, 0) is 0 Å². The Bertz CT molecular complexity index is 459. The minimum atomic E-state index is 0.272. The number of benzene rings is 2. The van der Waals surface area contributed by atoms with Crippen molar-refractivity contribution in [3.8, 4) is 5.75 Å². The molecule has 0 aliphatic heterocycles. The first-order valence-corrected chi connectivity index (χ1v) is 5.76. The van der Waals surface area contributed by atoms with Gasteiger partial charge in [-0.15, -0.1) is 0 Å². The van der Waals surface area contributed by atoms with Crippen LogP contribution in [-0.4, -0.2) is 5.11 Å². The molecule has 0 saturated heterocycles. The van der Waals surface area contributed by atoms with E-state index in [4.69, 9.17) is 0 Å². The predicted octanol–water partition coefficient (Wildman–Crippen LogP) is 4.38. The first kappa shape index (κ1) is 9.99. The van der Waals surface area contributed by atoms with Gasteiger partial charge in [0.15, 0.2) is 0 Å². The van der Waals surface area contributed by atoms with Crippen LogP contribution in [0.25, 0.3) is 10.8 Å². The maximum atomic E-state index is 9.52. The highest BCUT2D eigenvalue weighted by Crippen LogP contribution is 2.36. The fourth-order valence-corrected chi connectivity index (χ4v) is 2.39. The number of rotatable bonds is 0. The van der Waals surface area contributed by atoms with Crippen molar-refractivity contribution in [2.75, 3.05) is 0 Å². The van der Waals surface area contributed by atoms with E-state index in [2.05, 4.69) is 31.9 Å². The summed E-state index contributed by atoms with van der Waals surface area (Å²) in [5, 5.41) is 11.6. The third-order valence-corrected chi connectivity index (χ3v) is 4.13. The van der Waals surface area contributed by atoms with Crippen molar-refractivity contribution in [3.63, 3.8) is 0 Å². The Hall–Kier alpha value is -0.540. The van der Waals surface area contributed by atoms with Gasteiger partial charge in [-0.2, -0.15) is 0 Å². The molecule has 0 bridgehead atoms. The Morgan fingerprint density at radius 3 is 2.21 bits per heavy atom. The van der Waals surface area contributed by atoms with Crippen LogP contribution >= 0.6 is 31.9 Å². The highest BCUT2D eigenvalue weighted by atomic mass is 79.9. The molecular weight excluding hydrogens is 308 g/mol. The van der Waals surface area contributed by atoms with Crippen LogP contribution in [0.15, 0.2) is 33.2 Å². The van der Waals surface area contributed by atoms with Crippen LogP contribution < -0.4 is 0 Å². The maximum Gasteiger partial charge on any atom is 0.130 e. The molecule has 0 atom stereocenters. The van der Waals surface area contributed by atoms with E-state index >= 15 is 0 Å². The Kier molecular flexibility index (Phi) is 2.54. The second-order valence-electron chi connectivity index (χ2n) is 3.19. The topological polar surface area (TPSA) is 20.2 Å². The summed E-state index contributed by atoms with van der Waals surface area (Å²) in [6.07, 6.45) is 0. The van der Waals surface area contributed by atoms with Crippen LogP contribution in [0.4, 0.5) is 0 Å². The smallest absolute Gasteiger partial charge is 0.130 e. The molecule has 0 saturated carbocycles. The molecule has 2 aromatic rings. The van der Waals surface area contributed by atoms with Crippen molar-refractivity contribution in [1.29, 1.82) is 0 Å². The number of fused-ring (bicyclic) bond motifs is 1. The molecule has 1 N–H and O–H groups in total. The van der Waals surface area contributed by atoms with Gasteiger partial charge < -0.3 is 5.11 Å². The molecular formula is C11H8Br2O. The maximum absolute atomic E-state index is 9.52. The summed E-state index contributed by atoms with van der Waals surface area (Å²) < 4.78 is 1.83. The van der Waals surface area contributed by atoms with Gasteiger partial charge >= 0.3 is 0 Å². The lowest BCUT2D eigenvalue weighted by Gasteiger charge is -2.06. The van der Waals surface area contributed by atoms with Crippen molar-refractivity contribution in [2.45, 2.75) is 6.92 Å². The molecule has 0 aliphatic carbocycles. The third kappa shape index (κ3) is 1.44. The molecule has 0 radical (unpaired) electrons. The van der Waals surface area contributed by atoms with Crippen molar-refractivity contribution in [3.05, 3.63) is 38.8 Å². The minimum absolute atomic E-state index is 0.272. The molecule has 0 unspecified atom stereocenters. The average Bonchev–Trinajstić information content (AvgIpc) is 2.17. The van der Waals surface area contributed by atoms with E-state index < -0.39 is 0 Å². The number of phenolic OH excluding ortho intramolecular Hbond substituents is 1. The second kappa shape index (κ2) is 3.55. The highest BCUT2D eigenvalue weighted by molar-refractivity contribution is 9.11. The average molecular weight is 316 g/mol. The first-order chi connectivity index (χ1) is 6.61. The van der Waals surface area contributed by atoms with Gasteiger partial charge in [0.2, 0.25) is 0 Å². The molecule has 0 heterocycles. The number of aromatic hydroxyl groups is 1. The summed E-state index contributed by atoms with van der Waals surface area (Å²) in [4.78, 5) is 0. The molecule has 3 heteroatoms. The van der Waals surface area contributed by atoms with E-state index in [0.29, 0.717) is 0 Å². The lowest BCUT2D eigenvalue weighted by atomic mass is 10.1. The van der Waals surface area contributed by atoms with Gasteiger partial charge in [0.05, 0.1) is 4.47 Å². The molecule has 2 aromatic carbocycles. The lowest BCUT2D eigenvalue weighted by Crippen LogP contribution is -1.81. The van der Waals surface area contributed by atoms with Crippen LogP contribution in [0.5, 0.6) is 5.75 Å². The van der Waals surface area contributed by atoms with Gasteiger partial charge in [0.25, 0.3) is 0 Å². The number of phenols is 1. The third-order valence-electron chi connectivity index (χ3n) is 2.24. The van der Waals surface area contributed by atoms with E-state index in [0.717, 1.165) is 19.7 Å². The molecule has 0 fully saturated rings. The highest BCUT2D eigenvalue weighted by Gasteiger charge is 2.07. The van der Waals surface area contributed by atoms with E-state index in [1.807, 2.05) is 25.1 Å². The standard InChI is InChI=1S/C11H8Br2O/c1-6-2-3-8-7(10(6)12)4-5-9(14)11(8)13/h2-5,14H,1H3. The zero-order chi connectivity index (χ0) is 10.3. The van der Waals surface area contributed by atoms with Crippen LogP contribution in [0.2, 0.25) is 0 Å². The van der Waals surface area contributed by atoms with E-state index in [9.17, 15) is 5.11 Å². The number of halogens is 2. The molecule has 0 aromatic heterocycles. The van der Waals surface area contributed by atoms with Crippen LogP contribution in [0.1, 0.15) is 5.56 Å². The molecule has 0 spiro atoms. The summed E-state index contributed by atoms with van der Waals surface area (Å²) >= 11 is 6.91.